The molecule has 0 spiro atoms. The molecule has 68 valence electrons. The number of aliphatic hydroxyl groups is 2. The van der Waals surface area contributed by atoms with Crippen molar-refractivity contribution >= 4 is 0 Å². The van der Waals surface area contributed by atoms with Gasteiger partial charge in [0.05, 0.1) is 12.2 Å². The normalized spacial score (nSPS) is 18.0. The molecule has 0 radical (unpaired) electrons. The van der Waals surface area contributed by atoms with E-state index in [-0.39, 0.29) is 11.5 Å². The lowest BCUT2D eigenvalue weighted by atomic mass is 9.85. The Labute approximate surface area is 69.2 Å². The molecule has 0 unspecified atom stereocenters. The Kier molecular flexibility index (Phi) is 4.04. The van der Waals surface area contributed by atoms with Crippen molar-refractivity contribution in [1.29, 1.82) is 0 Å². The van der Waals surface area contributed by atoms with Crippen molar-refractivity contribution in [2.75, 3.05) is 0 Å². The van der Waals surface area contributed by atoms with Gasteiger partial charge in [0.2, 0.25) is 0 Å². The van der Waals surface area contributed by atoms with E-state index in [9.17, 15) is 10.2 Å². The SMILES string of the molecule is CC[C@@H](O)C[C@@H](O)C(C)(C)C. The Hall–Kier alpha value is -0.0800. The average molecular weight is 160 g/mol. The van der Waals surface area contributed by atoms with Crippen molar-refractivity contribution in [2.45, 2.75) is 52.7 Å². The minimum absolute atomic E-state index is 0.115. The molecule has 2 heteroatoms. The fourth-order valence-electron chi connectivity index (χ4n) is 0.778. The number of aliphatic hydroxyl groups excluding tert-OH is 2. The van der Waals surface area contributed by atoms with E-state index < -0.39 is 6.10 Å². The molecule has 0 aromatic carbocycles. The molecule has 2 nitrogen and oxygen atoms in total. The second kappa shape index (κ2) is 4.07. The van der Waals surface area contributed by atoms with Crippen LogP contribution in [0.25, 0.3) is 0 Å². The van der Waals surface area contributed by atoms with Crippen LogP contribution in [0.3, 0.4) is 0 Å². The van der Waals surface area contributed by atoms with Crippen molar-refractivity contribution in [2.24, 2.45) is 5.41 Å². The van der Waals surface area contributed by atoms with Gasteiger partial charge in [-0.2, -0.15) is 0 Å². The molecule has 0 aliphatic heterocycles. The van der Waals surface area contributed by atoms with Crippen LogP contribution >= 0.6 is 0 Å². The zero-order valence-electron chi connectivity index (χ0n) is 7.96. The van der Waals surface area contributed by atoms with Gasteiger partial charge in [-0.3, -0.25) is 0 Å². The number of hydrogen-bond acceptors (Lipinski definition) is 2. The first kappa shape index (κ1) is 10.9. The maximum absolute atomic E-state index is 9.53. The maximum Gasteiger partial charge on any atom is 0.0613 e. The third-order valence-corrected chi connectivity index (χ3v) is 1.97. The quantitative estimate of drug-likeness (QED) is 0.657. The molecule has 0 aliphatic carbocycles. The number of rotatable bonds is 3. The Morgan fingerprint density at radius 3 is 1.91 bits per heavy atom. The van der Waals surface area contributed by atoms with E-state index in [0.717, 1.165) is 0 Å². The monoisotopic (exact) mass is 160 g/mol. The lowest BCUT2D eigenvalue weighted by Crippen LogP contribution is -2.29. The summed E-state index contributed by atoms with van der Waals surface area (Å²) in [5.74, 6) is 0. The summed E-state index contributed by atoms with van der Waals surface area (Å²) >= 11 is 0. The predicted molar refractivity (Wildman–Crippen MR) is 46.4 cm³/mol. The molecule has 0 aromatic heterocycles. The van der Waals surface area contributed by atoms with Gasteiger partial charge in [-0.15, -0.1) is 0 Å². The summed E-state index contributed by atoms with van der Waals surface area (Å²) < 4.78 is 0. The first-order chi connectivity index (χ1) is 4.88. The largest absolute Gasteiger partial charge is 0.393 e. The summed E-state index contributed by atoms with van der Waals surface area (Å²) in [6.45, 7) is 7.83. The van der Waals surface area contributed by atoms with Gasteiger partial charge in [-0.1, -0.05) is 27.7 Å². The van der Waals surface area contributed by atoms with Gasteiger partial charge in [0, 0.05) is 0 Å². The van der Waals surface area contributed by atoms with Gasteiger partial charge in [0.25, 0.3) is 0 Å². The van der Waals surface area contributed by atoms with Crippen molar-refractivity contribution in [3.8, 4) is 0 Å². The van der Waals surface area contributed by atoms with Gasteiger partial charge in [-0.05, 0) is 18.3 Å². The molecule has 0 amide bonds. The van der Waals surface area contributed by atoms with Gasteiger partial charge >= 0.3 is 0 Å². The minimum atomic E-state index is -0.405. The summed E-state index contributed by atoms with van der Waals surface area (Å²) in [5, 5.41) is 18.8. The fraction of sp³-hybridized carbons (Fsp3) is 1.00. The highest BCUT2D eigenvalue weighted by atomic mass is 16.3. The van der Waals surface area contributed by atoms with Gasteiger partial charge in [-0.25, -0.2) is 0 Å². The summed E-state index contributed by atoms with van der Waals surface area (Å²) in [7, 11) is 0. The Bertz CT molecular complexity index is 105. The van der Waals surface area contributed by atoms with E-state index in [1.54, 1.807) is 0 Å². The van der Waals surface area contributed by atoms with Crippen LogP contribution in [0.1, 0.15) is 40.5 Å². The third kappa shape index (κ3) is 4.38. The highest BCUT2D eigenvalue weighted by Gasteiger charge is 2.23. The molecule has 0 heterocycles. The fourth-order valence-corrected chi connectivity index (χ4v) is 0.778. The van der Waals surface area contributed by atoms with E-state index >= 15 is 0 Å². The van der Waals surface area contributed by atoms with E-state index in [1.165, 1.54) is 0 Å². The molecule has 0 saturated heterocycles. The highest BCUT2D eigenvalue weighted by Crippen LogP contribution is 2.23. The summed E-state index contributed by atoms with van der Waals surface area (Å²) in [4.78, 5) is 0. The van der Waals surface area contributed by atoms with Crippen molar-refractivity contribution in [1.82, 2.24) is 0 Å². The third-order valence-electron chi connectivity index (χ3n) is 1.97. The van der Waals surface area contributed by atoms with Crippen LogP contribution in [-0.4, -0.2) is 22.4 Å². The van der Waals surface area contributed by atoms with Gasteiger partial charge in [0.15, 0.2) is 0 Å². The summed E-state index contributed by atoms with van der Waals surface area (Å²) in [6.07, 6.45) is 0.439. The Balaban J connectivity index is 3.77. The van der Waals surface area contributed by atoms with E-state index in [2.05, 4.69) is 0 Å². The second-order valence-corrected chi connectivity index (χ2v) is 4.18. The lowest BCUT2D eigenvalue weighted by Gasteiger charge is -2.27. The smallest absolute Gasteiger partial charge is 0.0613 e. The predicted octanol–water partition coefficient (Wildman–Crippen LogP) is 1.55. The van der Waals surface area contributed by atoms with E-state index in [1.807, 2.05) is 27.7 Å². The molecule has 2 N–H and O–H groups in total. The van der Waals surface area contributed by atoms with Crippen molar-refractivity contribution < 1.29 is 10.2 Å². The molecule has 0 aromatic rings. The van der Waals surface area contributed by atoms with E-state index in [0.29, 0.717) is 12.8 Å². The molecular weight excluding hydrogens is 140 g/mol. The van der Waals surface area contributed by atoms with Gasteiger partial charge in [0.1, 0.15) is 0 Å². The van der Waals surface area contributed by atoms with Crippen LogP contribution in [0.15, 0.2) is 0 Å². The summed E-state index contributed by atoms with van der Waals surface area (Å²) in [5.41, 5.74) is -0.115. The molecule has 11 heavy (non-hydrogen) atoms. The highest BCUT2D eigenvalue weighted by molar-refractivity contribution is 4.74. The minimum Gasteiger partial charge on any atom is -0.393 e. The summed E-state index contributed by atoms with van der Waals surface area (Å²) in [6, 6.07) is 0. The zero-order valence-corrected chi connectivity index (χ0v) is 7.96. The first-order valence-electron chi connectivity index (χ1n) is 4.24. The topological polar surface area (TPSA) is 40.5 Å². The molecule has 0 fully saturated rings. The van der Waals surface area contributed by atoms with Crippen LogP contribution in [-0.2, 0) is 0 Å². The first-order valence-corrected chi connectivity index (χ1v) is 4.24. The molecular formula is C9H20O2. The number of hydrogen-bond donors (Lipinski definition) is 2. The lowest BCUT2D eigenvalue weighted by molar-refractivity contribution is 0.0127. The van der Waals surface area contributed by atoms with Crippen LogP contribution < -0.4 is 0 Å². The van der Waals surface area contributed by atoms with Crippen LogP contribution in [0.4, 0.5) is 0 Å². The van der Waals surface area contributed by atoms with Gasteiger partial charge < -0.3 is 10.2 Å². The van der Waals surface area contributed by atoms with Crippen LogP contribution in [0.5, 0.6) is 0 Å². The average Bonchev–Trinajstić information content (AvgIpc) is 1.85. The zero-order chi connectivity index (χ0) is 9.07. The molecule has 0 aliphatic rings. The standard InChI is InChI=1S/C9H20O2/c1-5-7(10)6-8(11)9(2,3)4/h7-8,10-11H,5-6H2,1-4H3/t7-,8-/m1/s1. The van der Waals surface area contributed by atoms with Crippen molar-refractivity contribution in [3.63, 3.8) is 0 Å². The van der Waals surface area contributed by atoms with Crippen LogP contribution in [0.2, 0.25) is 0 Å². The molecule has 2 atom stereocenters. The maximum atomic E-state index is 9.53. The van der Waals surface area contributed by atoms with E-state index in [4.69, 9.17) is 0 Å². The Morgan fingerprint density at radius 2 is 1.64 bits per heavy atom. The Morgan fingerprint density at radius 1 is 1.18 bits per heavy atom. The second-order valence-electron chi connectivity index (χ2n) is 4.18. The van der Waals surface area contributed by atoms with Crippen molar-refractivity contribution in [3.05, 3.63) is 0 Å². The van der Waals surface area contributed by atoms with Crippen LogP contribution in [0, 0.1) is 5.41 Å². The molecule has 0 rings (SSSR count). The molecule has 0 saturated carbocycles. The molecule has 0 bridgehead atoms.